The first kappa shape index (κ1) is 14.9. The van der Waals surface area contributed by atoms with E-state index in [0.717, 1.165) is 5.56 Å². The first-order valence-electron chi connectivity index (χ1n) is 5.89. The molecule has 1 rings (SSSR count). The maximum Gasteiger partial charge on any atom is 0.165 e. The van der Waals surface area contributed by atoms with E-state index in [2.05, 4.69) is 0 Å². The number of hydrogen-bond donors (Lipinski definition) is 1. The highest BCUT2D eigenvalue weighted by Gasteiger charge is 2.07. The van der Waals surface area contributed by atoms with E-state index in [4.69, 9.17) is 19.9 Å². The maximum absolute atomic E-state index is 13.6. The lowest BCUT2D eigenvalue weighted by Gasteiger charge is -2.10. The number of halogens is 1. The van der Waals surface area contributed by atoms with Crippen molar-refractivity contribution in [2.24, 2.45) is 5.73 Å². The lowest BCUT2D eigenvalue weighted by atomic mass is 10.1. The summed E-state index contributed by atoms with van der Waals surface area (Å²) in [5, 5.41) is 0. The van der Waals surface area contributed by atoms with Gasteiger partial charge in [0.25, 0.3) is 0 Å². The predicted molar refractivity (Wildman–Crippen MR) is 67.2 cm³/mol. The molecule has 1 aromatic carbocycles. The van der Waals surface area contributed by atoms with Gasteiger partial charge in [0.15, 0.2) is 11.6 Å². The minimum Gasteiger partial charge on any atom is -0.488 e. The van der Waals surface area contributed by atoms with Gasteiger partial charge in [-0.3, -0.25) is 0 Å². The number of methoxy groups -OCH3 is 1. The molecule has 0 aliphatic heterocycles. The van der Waals surface area contributed by atoms with E-state index in [-0.39, 0.29) is 11.8 Å². The van der Waals surface area contributed by atoms with Crippen LogP contribution in [0.3, 0.4) is 0 Å². The van der Waals surface area contributed by atoms with Crippen LogP contribution in [0.25, 0.3) is 0 Å². The molecule has 0 bridgehead atoms. The number of nitrogens with two attached hydrogens (primary N) is 1. The van der Waals surface area contributed by atoms with Crippen molar-refractivity contribution in [1.82, 2.24) is 0 Å². The maximum atomic E-state index is 13.6. The normalized spacial score (nSPS) is 12.4. The van der Waals surface area contributed by atoms with E-state index in [1.165, 1.54) is 6.07 Å². The molecule has 0 heterocycles. The van der Waals surface area contributed by atoms with Gasteiger partial charge < -0.3 is 19.9 Å². The smallest absolute Gasteiger partial charge is 0.165 e. The molecule has 1 aromatic rings. The zero-order valence-electron chi connectivity index (χ0n) is 10.8. The molecule has 0 spiro atoms. The molecule has 1 atom stereocenters. The summed E-state index contributed by atoms with van der Waals surface area (Å²) in [5.74, 6) is -0.184. The van der Waals surface area contributed by atoms with Crippen LogP contribution in [0.1, 0.15) is 18.5 Å². The lowest BCUT2D eigenvalue weighted by molar-refractivity contribution is 0.0538. The van der Waals surface area contributed by atoms with Gasteiger partial charge in [0, 0.05) is 13.2 Å². The molecular weight excluding hydrogens is 237 g/mol. The summed E-state index contributed by atoms with van der Waals surface area (Å²) in [6.45, 7) is 3.55. The molecule has 0 fully saturated rings. The average Bonchev–Trinajstić information content (AvgIpc) is 2.35. The Morgan fingerprint density at radius 1 is 1.22 bits per heavy atom. The fourth-order valence-corrected chi connectivity index (χ4v) is 1.37. The van der Waals surface area contributed by atoms with Gasteiger partial charge in [0.05, 0.1) is 19.8 Å². The van der Waals surface area contributed by atoms with Gasteiger partial charge >= 0.3 is 0 Å². The van der Waals surface area contributed by atoms with Crippen molar-refractivity contribution in [3.8, 4) is 5.75 Å². The van der Waals surface area contributed by atoms with Crippen molar-refractivity contribution in [3.05, 3.63) is 29.6 Å². The van der Waals surface area contributed by atoms with Crippen molar-refractivity contribution in [2.75, 3.05) is 33.5 Å². The predicted octanol–water partition coefficient (Wildman–Crippen LogP) is 1.89. The largest absolute Gasteiger partial charge is 0.488 e. The molecule has 0 aliphatic carbocycles. The molecule has 0 saturated carbocycles. The quantitative estimate of drug-likeness (QED) is 0.722. The van der Waals surface area contributed by atoms with Gasteiger partial charge in [-0.05, 0) is 24.6 Å². The van der Waals surface area contributed by atoms with Crippen LogP contribution in [-0.4, -0.2) is 33.5 Å². The van der Waals surface area contributed by atoms with Crippen LogP contribution in [0, 0.1) is 5.82 Å². The van der Waals surface area contributed by atoms with Crippen LogP contribution >= 0.6 is 0 Å². The first-order valence-corrected chi connectivity index (χ1v) is 5.89. The summed E-state index contributed by atoms with van der Waals surface area (Å²) in [4.78, 5) is 0. The van der Waals surface area contributed by atoms with Crippen molar-refractivity contribution in [1.29, 1.82) is 0 Å². The Hall–Kier alpha value is -1.17. The van der Waals surface area contributed by atoms with Gasteiger partial charge in [0.2, 0.25) is 0 Å². The first-order chi connectivity index (χ1) is 8.65. The zero-order chi connectivity index (χ0) is 13.4. The number of hydrogen-bond acceptors (Lipinski definition) is 4. The van der Waals surface area contributed by atoms with Gasteiger partial charge in [-0.25, -0.2) is 4.39 Å². The second kappa shape index (κ2) is 8.02. The Balaban J connectivity index is 2.34. The Kier molecular flexibility index (Phi) is 6.64. The van der Waals surface area contributed by atoms with Crippen LogP contribution in [0.5, 0.6) is 5.75 Å². The van der Waals surface area contributed by atoms with Crippen LogP contribution in [-0.2, 0) is 9.47 Å². The fraction of sp³-hybridized carbons (Fsp3) is 0.538. The van der Waals surface area contributed by atoms with Crippen LogP contribution in [0.2, 0.25) is 0 Å². The lowest BCUT2D eigenvalue weighted by Crippen LogP contribution is -2.11. The highest BCUT2D eigenvalue weighted by Crippen LogP contribution is 2.20. The van der Waals surface area contributed by atoms with Crippen molar-refractivity contribution in [2.45, 2.75) is 13.0 Å². The van der Waals surface area contributed by atoms with Gasteiger partial charge in [-0.2, -0.15) is 0 Å². The third-order valence-corrected chi connectivity index (χ3v) is 2.40. The van der Waals surface area contributed by atoms with E-state index >= 15 is 0 Å². The number of ether oxygens (including phenoxy) is 3. The molecule has 0 aromatic heterocycles. The summed E-state index contributed by atoms with van der Waals surface area (Å²) in [6.07, 6.45) is 0. The van der Waals surface area contributed by atoms with Gasteiger partial charge in [-0.1, -0.05) is 6.07 Å². The topological polar surface area (TPSA) is 53.7 Å². The van der Waals surface area contributed by atoms with Crippen LogP contribution in [0.4, 0.5) is 4.39 Å². The van der Waals surface area contributed by atoms with E-state index in [0.29, 0.717) is 26.4 Å². The highest BCUT2D eigenvalue weighted by atomic mass is 19.1. The van der Waals surface area contributed by atoms with Gasteiger partial charge in [-0.15, -0.1) is 0 Å². The Bertz CT molecular complexity index is 358. The molecule has 5 heteroatoms. The van der Waals surface area contributed by atoms with Crippen molar-refractivity contribution < 1.29 is 18.6 Å². The number of benzene rings is 1. The van der Waals surface area contributed by atoms with Crippen molar-refractivity contribution in [3.63, 3.8) is 0 Å². The summed E-state index contributed by atoms with van der Waals surface area (Å²) < 4.78 is 28.9. The molecule has 0 unspecified atom stereocenters. The van der Waals surface area contributed by atoms with E-state index < -0.39 is 5.82 Å². The highest BCUT2D eigenvalue weighted by molar-refractivity contribution is 5.30. The Morgan fingerprint density at radius 2 is 1.94 bits per heavy atom. The molecule has 102 valence electrons. The fourth-order valence-electron chi connectivity index (χ4n) is 1.37. The molecule has 0 amide bonds. The molecule has 4 nitrogen and oxygen atoms in total. The standard InChI is InChI=1S/C13H20FNO3/c1-10(15)11-3-4-13(12(14)9-11)18-8-7-17-6-5-16-2/h3-4,9-10H,5-8,15H2,1-2H3/t10-/m0/s1. The summed E-state index contributed by atoms with van der Waals surface area (Å²) >= 11 is 0. The molecule has 0 radical (unpaired) electrons. The minimum atomic E-state index is -0.401. The average molecular weight is 257 g/mol. The van der Waals surface area contributed by atoms with E-state index in [1.54, 1.807) is 26.2 Å². The van der Waals surface area contributed by atoms with Crippen LogP contribution in [0.15, 0.2) is 18.2 Å². The van der Waals surface area contributed by atoms with Crippen molar-refractivity contribution >= 4 is 0 Å². The van der Waals surface area contributed by atoms with E-state index in [9.17, 15) is 4.39 Å². The molecule has 0 saturated heterocycles. The summed E-state index contributed by atoms with van der Waals surface area (Å²) in [7, 11) is 1.61. The van der Waals surface area contributed by atoms with E-state index in [1.807, 2.05) is 0 Å². The SMILES string of the molecule is COCCOCCOc1ccc([C@H](C)N)cc1F. The minimum absolute atomic E-state index is 0.189. The molecular formula is C13H20FNO3. The second-order valence-corrected chi connectivity index (χ2v) is 3.93. The third-order valence-electron chi connectivity index (χ3n) is 2.40. The monoisotopic (exact) mass is 257 g/mol. The Labute approximate surface area is 107 Å². The van der Waals surface area contributed by atoms with Crippen LogP contribution < -0.4 is 10.5 Å². The summed E-state index contributed by atoms with van der Waals surface area (Å²) in [6, 6.07) is 4.55. The molecule has 18 heavy (non-hydrogen) atoms. The third kappa shape index (κ3) is 5.00. The van der Waals surface area contributed by atoms with Gasteiger partial charge in [0.1, 0.15) is 6.61 Å². The number of rotatable bonds is 8. The zero-order valence-corrected chi connectivity index (χ0v) is 10.8. The Morgan fingerprint density at radius 3 is 2.56 bits per heavy atom. The molecule has 0 aliphatic rings. The summed E-state index contributed by atoms with van der Waals surface area (Å²) in [5.41, 5.74) is 6.41. The molecule has 2 N–H and O–H groups in total. The second-order valence-electron chi connectivity index (χ2n) is 3.93.